The quantitative estimate of drug-likeness (QED) is 0.632. The van der Waals surface area contributed by atoms with E-state index in [1.54, 1.807) is 0 Å². The first kappa shape index (κ1) is 13.4. The molecule has 0 aliphatic heterocycles. The Hall–Kier alpha value is -2.23. The number of fused-ring (bicyclic) bond motifs is 6. The number of hydrogen-bond donors (Lipinski definition) is 1. The van der Waals surface area contributed by atoms with Crippen molar-refractivity contribution >= 4 is 16.9 Å². The van der Waals surface area contributed by atoms with Crippen LogP contribution in [0.5, 0.6) is 11.5 Å². The van der Waals surface area contributed by atoms with Crippen LogP contribution in [0.2, 0.25) is 0 Å². The highest BCUT2D eigenvalue weighted by Gasteiger charge is 2.50. The lowest BCUT2D eigenvalue weighted by molar-refractivity contribution is 0.121. The molecule has 0 saturated heterocycles. The van der Waals surface area contributed by atoms with E-state index in [1.165, 1.54) is 7.11 Å². The molecule has 1 N–H and O–H groups in total. The minimum Gasteiger partial charge on any atom is -0.507 e. The van der Waals surface area contributed by atoms with Crippen molar-refractivity contribution < 1.29 is 19.4 Å². The molecular formula is C18H18O4. The minimum absolute atomic E-state index is 0.0255. The van der Waals surface area contributed by atoms with Crippen molar-refractivity contribution in [2.75, 3.05) is 7.11 Å². The number of carbonyl (C=O) groups is 1. The van der Waals surface area contributed by atoms with E-state index in [9.17, 15) is 9.90 Å². The molecule has 22 heavy (non-hydrogen) atoms. The van der Waals surface area contributed by atoms with Gasteiger partial charge in [-0.25, -0.2) is 4.79 Å². The maximum absolute atomic E-state index is 11.7. The van der Waals surface area contributed by atoms with Gasteiger partial charge in [0.15, 0.2) is 0 Å². The number of carbonyl (C=O) groups excluding carboxylic acids is 1. The third kappa shape index (κ3) is 1.61. The molecule has 1 fully saturated rings. The molecule has 0 spiro atoms. The molecule has 2 aliphatic rings. The zero-order valence-electron chi connectivity index (χ0n) is 12.7. The molecule has 4 nitrogen and oxygen atoms in total. The molecule has 2 unspecified atom stereocenters. The average molecular weight is 298 g/mol. The summed E-state index contributed by atoms with van der Waals surface area (Å²) < 4.78 is 10.2. The van der Waals surface area contributed by atoms with Crippen molar-refractivity contribution in [3.05, 3.63) is 35.4 Å². The van der Waals surface area contributed by atoms with Crippen LogP contribution in [0.15, 0.2) is 24.3 Å². The summed E-state index contributed by atoms with van der Waals surface area (Å²) in [7, 11) is 1.30. The third-order valence-corrected chi connectivity index (χ3v) is 5.28. The summed E-state index contributed by atoms with van der Waals surface area (Å²) in [6.45, 7) is 2.19. The number of rotatable bonds is 1. The van der Waals surface area contributed by atoms with Crippen LogP contribution in [0.4, 0.5) is 4.79 Å². The molecule has 4 rings (SSSR count). The lowest BCUT2D eigenvalue weighted by atomic mass is 9.79. The van der Waals surface area contributed by atoms with Crippen molar-refractivity contribution in [1.82, 2.24) is 0 Å². The van der Waals surface area contributed by atoms with Crippen LogP contribution in [-0.4, -0.2) is 18.4 Å². The van der Waals surface area contributed by atoms with Crippen LogP contribution in [-0.2, 0) is 10.2 Å². The van der Waals surface area contributed by atoms with Gasteiger partial charge in [0, 0.05) is 21.9 Å². The van der Waals surface area contributed by atoms with Gasteiger partial charge in [-0.2, -0.15) is 0 Å². The molecule has 1 saturated carbocycles. The van der Waals surface area contributed by atoms with Gasteiger partial charge in [-0.15, -0.1) is 0 Å². The largest absolute Gasteiger partial charge is 0.513 e. The molecule has 2 bridgehead atoms. The second-order valence-electron chi connectivity index (χ2n) is 6.57. The molecule has 2 atom stereocenters. The molecule has 0 radical (unpaired) electrons. The molecule has 2 aromatic rings. The Morgan fingerprint density at radius 1 is 1.32 bits per heavy atom. The van der Waals surface area contributed by atoms with Crippen LogP contribution < -0.4 is 4.74 Å². The van der Waals surface area contributed by atoms with Gasteiger partial charge >= 0.3 is 6.16 Å². The number of methoxy groups -OCH3 is 1. The first-order chi connectivity index (χ1) is 10.5. The summed E-state index contributed by atoms with van der Waals surface area (Å²) in [6.07, 6.45) is 2.42. The van der Waals surface area contributed by atoms with Gasteiger partial charge in [-0.3, -0.25) is 0 Å². The van der Waals surface area contributed by atoms with Gasteiger partial charge in [0.1, 0.15) is 11.5 Å². The monoisotopic (exact) mass is 298 g/mol. The van der Waals surface area contributed by atoms with Gasteiger partial charge in [0.2, 0.25) is 0 Å². The van der Waals surface area contributed by atoms with E-state index in [4.69, 9.17) is 4.74 Å². The fourth-order valence-corrected chi connectivity index (χ4v) is 4.36. The molecule has 2 aliphatic carbocycles. The highest BCUT2D eigenvalue weighted by atomic mass is 16.7. The van der Waals surface area contributed by atoms with E-state index in [2.05, 4.69) is 11.7 Å². The van der Waals surface area contributed by atoms with Gasteiger partial charge in [-0.1, -0.05) is 31.2 Å². The van der Waals surface area contributed by atoms with Crippen LogP contribution in [0.25, 0.3) is 10.8 Å². The van der Waals surface area contributed by atoms with E-state index in [1.807, 2.05) is 24.3 Å². The average Bonchev–Trinajstić information content (AvgIpc) is 3.05. The van der Waals surface area contributed by atoms with Crippen molar-refractivity contribution in [3.63, 3.8) is 0 Å². The van der Waals surface area contributed by atoms with E-state index in [-0.39, 0.29) is 5.41 Å². The summed E-state index contributed by atoms with van der Waals surface area (Å²) in [5, 5.41) is 12.3. The van der Waals surface area contributed by atoms with Crippen LogP contribution in [0.1, 0.15) is 43.2 Å². The van der Waals surface area contributed by atoms with Crippen molar-refractivity contribution in [2.24, 2.45) is 0 Å². The summed E-state index contributed by atoms with van der Waals surface area (Å²) in [5.41, 5.74) is 1.93. The number of hydrogen-bond acceptors (Lipinski definition) is 4. The maximum atomic E-state index is 11.7. The predicted molar refractivity (Wildman–Crippen MR) is 82.6 cm³/mol. The molecule has 114 valence electrons. The Morgan fingerprint density at radius 2 is 2.05 bits per heavy atom. The summed E-state index contributed by atoms with van der Waals surface area (Å²) >= 11 is 0. The summed E-state index contributed by atoms with van der Waals surface area (Å²) in [6, 6.07) is 7.51. The van der Waals surface area contributed by atoms with E-state index < -0.39 is 6.16 Å². The number of phenols is 1. The fraction of sp³-hybridized carbons (Fsp3) is 0.389. The van der Waals surface area contributed by atoms with Gasteiger partial charge in [-0.05, 0) is 30.6 Å². The number of aromatic hydroxyl groups is 1. The maximum Gasteiger partial charge on any atom is 0.513 e. The van der Waals surface area contributed by atoms with Crippen LogP contribution >= 0.6 is 0 Å². The van der Waals surface area contributed by atoms with Crippen molar-refractivity contribution in [1.29, 1.82) is 0 Å². The van der Waals surface area contributed by atoms with E-state index in [0.717, 1.165) is 41.2 Å². The van der Waals surface area contributed by atoms with Gasteiger partial charge in [0.25, 0.3) is 0 Å². The molecule has 0 heterocycles. The van der Waals surface area contributed by atoms with E-state index in [0.29, 0.717) is 17.4 Å². The zero-order valence-corrected chi connectivity index (χ0v) is 12.7. The van der Waals surface area contributed by atoms with Crippen molar-refractivity contribution in [3.8, 4) is 11.5 Å². The Labute approximate surface area is 128 Å². The summed E-state index contributed by atoms with van der Waals surface area (Å²) in [4.78, 5) is 11.7. The standard InChI is InChI=1S/C18H18O4/c1-18-8-7-10(9-18)13-14(18)15(19)11-5-3-4-6-12(11)16(13)22-17(20)21-2/h3-6,10,19H,7-9H2,1-2H3. The van der Waals surface area contributed by atoms with E-state index >= 15 is 0 Å². The Kier molecular flexibility index (Phi) is 2.68. The lowest BCUT2D eigenvalue weighted by Crippen LogP contribution is -2.17. The number of ether oxygens (including phenoxy) is 2. The summed E-state index contributed by atoms with van der Waals surface area (Å²) in [5.74, 6) is 1.24. The number of benzene rings is 2. The van der Waals surface area contributed by atoms with Crippen LogP contribution in [0.3, 0.4) is 0 Å². The zero-order chi connectivity index (χ0) is 15.5. The molecule has 0 amide bonds. The Morgan fingerprint density at radius 3 is 2.77 bits per heavy atom. The molecule has 0 aromatic heterocycles. The predicted octanol–water partition coefficient (Wildman–Crippen LogP) is 4.23. The number of phenolic OH excluding ortho intramolecular Hbond substituents is 1. The fourth-order valence-electron chi connectivity index (χ4n) is 4.36. The normalized spacial score (nSPS) is 25.3. The van der Waals surface area contributed by atoms with Crippen molar-refractivity contribution in [2.45, 2.75) is 37.5 Å². The second-order valence-corrected chi connectivity index (χ2v) is 6.57. The Balaban J connectivity index is 2.07. The highest BCUT2D eigenvalue weighted by molar-refractivity contribution is 5.98. The first-order valence-corrected chi connectivity index (χ1v) is 7.59. The smallest absolute Gasteiger partial charge is 0.507 e. The van der Waals surface area contributed by atoms with Gasteiger partial charge in [0.05, 0.1) is 7.11 Å². The highest BCUT2D eigenvalue weighted by Crippen LogP contribution is 2.63. The first-order valence-electron chi connectivity index (χ1n) is 7.59. The van der Waals surface area contributed by atoms with Gasteiger partial charge < -0.3 is 14.6 Å². The lowest BCUT2D eigenvalue weighted by Gasteiger charge is -2.27. The molecule has 2 aromatic carbocycles. The van der Waals surface area contributed by atoms with Crippen LogP contribution in [0, 0.1) is 0 Å². The molecule has 4 heteroatoms. The molecular weight excluding hydrogens is 280 g/mol. The topological polar surface area (TPSA) is 55.8 Å². The second kappa shape index (κ2) is 4.38. The third-order valence-electron chi connectivity index (χ3n) is 5.28. The minimum atomic E-state index is -0.717. The Bertz CT molecular complexity index is 795. The SMILES string of the molecule is COC(=O)Oc1c2c(c(O)c3ccccc13)C1(C)CCC2C1.